The van der Waals surface area contributed by atoms with Gasteiger partial charge in [0.25, 0.3) is 0 Å². The molecule has 24 heavy (non-hydrogen) atoms. The lowest BCUT2D eigenvalue weighted by Gasteiger charge is -2.09. The minimum absolute atomic E-state index is 0.0218. The van der Waals surface area contributed by atoms with Crippen LogP contribution in [0.15, 0.2) is 47.4 Å². The molecule has 2 aromatic rings. The van der Waals surface area contributed by atoms with Crippen LogP contribution in [0, 0.1) is 5.92 Å². The summed E-state index contributed by atoms with van der Waals surface area (Å²) >= 11 is 5.83. The molecule has 128 valence electrons. The first-order chi connectivity index (χ1) is 11.2. The SMILES string of the molecule is CC(C)COc1ccc(C(=O)c2ccc(Cl)c(S(N)(=O)=O)c2)cc1. The maximum absolute atomic E-state index is 12.5. The predicted molar refractivity (Wildman–Crippen MR) is 93.0 cm³/mol. The minimum atomic E-state index is -4.00. The summed E-state index contributed by atoms with van der Waals surface area (Å²) in [5, 5.41) is 5.08. The van der Waals surface area contributed by atoms with Gasteiger partial charge < -0.3 is 4.74 Å². The summed E-state index contributed by atoms with van der Waals surface area (Å²) in [5.74, 6) is 0.741. The molecule has 0 atom stereocenters. The van der Waals surface area contributed by atoms with Gasteiger partial charge in [-0.2, -0.15) is 0 Å². The lowest BCUT2D eigenvalue weighted by atomic mass is 10.0. The van der Waals surface area contributed by atoms with Crippen molar-refractivity contribution in [3.8, 4) is 5.75 Å². The molecule has 0 aliphatic rings. The molecule has 0 saturated heterocycles. The number of hydrogen-bond donors (Lipinski definition) is 1. The second kappa shape index (κ2) is 7.34. The molecule has 5 nitrogen and oxygen atoms in total. The molecule has 7 heteroatoms. The van der Waals surface area contributed by atoms with E-state index in [1.54, 1.807) is 24.3 Å². The van der Waals surface area contributed by atoms with Gasteiger partial charge in [-0.1, -0.05) is 25.4 Å². The molecule has 0 aliphatic carbocycles. The van der Waals surface area contributed by atoms with Gasteiger partial charge in [0, 0.05) is 11.1 Å². The van der Waals surface area contributed by atoms with Gasteiger partial charge in [0.05, 0.1) is 11.6 Å². The van der Waals surface area contributed by atoms with Crippen molar-refractivity contribution in [1.82, 2.24) is 0 Å². The fourth-order valence-electron chi connectivity index (χ4n) is 1.99. The van der Waals surface area contributed by atoms with Gasteiger partial charge in [-0.25, -0.2) is 13.6 Å². The van der Waals surface area contributed by atoms with Gasteiger partial charge in [0.1, 0.15) is 10.6 Å². The summed E-state index contributed by atoms with van der Waals surface area (Å²) in [4.78, 5) is 12.2. The zero-order valence-electron chi connectivity index (χ0n) is 13.3. The van der Waals surface area contributed by atoms with Gasteiger partial charge in [-0.05, 0) is 48.4 Å². The third-order valence-electron chi connectivity index (χ3n) is 3.20. The summed E-state index contributed by atoms with van der Waals surface area (Å²) in [6.45, 7) is 4.67. The van der Waals surface area contributed by atoms with Crippen LogP contribution in [0.5, 0.6) is 5.75 Å². The van der Waals surface area contributed by atoms with Crippen molar-refractivity contribution in [1.29, 1.82) is 0 Å². The van der Waals surface area contributed by atoms with Gasteiger partial charge in [-0.3, -0.25) is 4.79 Å². The van der Waals surface area contributed by atoms with E-state index in [0.717, 1.165) is 0 Å². The van der Waals surface area contributed by atoms with Crippen molar-refractivity contribution in [2.45, 2.75) is 18.7 Å². The number of carbonyl (C=O) groups is 1. The van der Waals surface area contributed by atoms with Crippen LogP contribution in [0.3, 0.4) is 0 Å². The molecule has 0 amide bonds. The van der Waals surface area contributed by atoms with Crippen LogP contribution in [-0.4, -0.2) is 20.8 Å². The van der Waals surface area contributed by atoms with E-state index in [1.807, 2.05) is 13.8 Å². The zero-order chi connectivity index (χ0) is 17.9. The summed E-state index contributed by atoms with van der Waals surface area (Å²) in [6, 6.07) is 10.6. The Morgan fingerprint density at radius 3 is 2.25 bits per heavy atom. The maximum Gasteiger partial charge on any atom is 0.239 e. The Labute approximate surface area is 146 Å². The minimum Gasteiger partial charge on any atom is -0.493 e. The Bertz CT molecular complexity index is 845. The Kier molecular flexibility index (Phi) is 5.64. The molecule has 2 N–H and O–H groups in total. The van der Waals surface area contributed by atoms with E-state index in [1.165, 1.54) is 18.2 Å². The molecule has 0 unspecified atom stereocenters. The maximum atomic E-state index is 12.5. The summed E-state index contributed by atoms with van der Waals surface area (Å²) < 4.78 is 28.6. The second-order valence-corrected chi connectivity index (χ2v) is 7.69. The third-order valence-corrected chi connectivity index (χ3v) is 4.59. The second-order valence-electron chi connectivity index (χ2n) is 5.75. The molecule has 0 saturated carbocycles. The van der Waals surface area contributed by atoms with Gasteiger partial charge >= 0.3 is 0 Å². The number of ether oxygens (including phenoxy) is 1. The highest BCUT2D eigenvalue weighted by molar-refractivity contribution is 7.89. The van der Waals surface area contributed by atoms with Crippen molar-refractivity contribution in [2.75, 3.05) is 6.61 Å². The van der Waals surface area contributed by atoms with Crippen LogP contribution in [0.4, 0.5) is 0 Å². The van der Waals surface area contributed by atoms with Crippen molar-refractivity contribution >= 4 is 27.4 Å². The molecule has 0 bridgehead atoms. The Morgan fingerprint density at radius 2 is 1.71 bits per heavy atom. The monoisotopic (exact) mass is 367 g/mol. The van der Waals surface area contributed by atoms with Crippen LogP contribution >= 0.6 is 11.6 Å². The number of sulfonamides is 1. The first-order valence-electron chi connectivity index (χ1n) is 7.28. The fourth-order valence-corrected chi connectivity index (χ4v) is 3.07. The van der Waals surface area contributed by atoms with Crippen molar-refractivity contribution < 1.29 is 17.9 Å². The van der Waals surface area contributed by atoms with Crippen LogP contribution in [0.2, 0.25) is 5.02 Å². The topological polar surface area (TPSA) is 86.5 Å². The van der Waals surface area contributed by atoms with E-state index in [2.05, 4.69) is 0 Å². The van der Waals surface area contributed by atoms with Crippen LogP contribution in [0.25, 0.3) is 0 Å². The Morgan fingerprint density at radius 1 is 1.12 bits per heavy atom. The number of carbonyl (C=O) groups excluding carboxylic acids is 1. The Balaban J connectivity index is 2.26. The van der Waals surface area contributed by atoms with E-state index in [9.17, 15) is 13.2 Å². The van der Waals surface area contributed by atoms with E-state index < -0.39 is 10.0 Å². The summed E-state index contributed by atoms with van der Waals surface area (Å²) in [5.41, 5.74) is 0.605. The molecular weight excluding hydrogens is 350 g/mol. The van der Waals surface area contributed by atoms with Crippen LogP contribution in [-0.2, 0) is 10.0 Å². The number of halogens is 1. The molecule has 0 fully saturated rings. The molecule has 2 aromatic carbocycles. The molecule has 0 heterocycles. The standard InChI is InChI=1S/C17H18ClNO4S/c1-11(2)10-23-14-6-3-12(4-7-14)17(20)13-5-8-15(18)16(9-13)24(19,21)22/h3-9,11H,10H2,1-2H3,(H2,19,21,22). The molecule has 0 radical (unpaired) electrons. The van der Waals surface area contributed by atoms with Gasteiger partial charge in [0.2, 0.25) is 10.0 Å². The highest BCUT2D eigenvalue weighted by Crippen LogP contribution is 2.23. The average molecular weight is 368 g/mol. The molecule has 0 aromatic heterocycles. The molecule has 0 aliphatic heterocycles. The predicted octanol–water partition coefficient (Wildman–Crippen LogP) is 3.25. The van der Waals surface area contributed by atoms with Crippen molar-refractivity contribution in [3.63, 3.8) is 0 Å². The highest BCUT2D eigenvalue weighted by atomic mass is 35.5. The Hall–Kier alpha value is -1.89. The summed E-state index contributed by atoms with van der Waals surface area (Å²) in [7, 11) is -4.00. The van der Waals surface area contributed by atoms with Gasteiger partial charge in [0.15, 0.2) is 5.78 Å². The number of rotatable bonds is 6. The zero-order valence-corrected chi connectivity index (χ0v) is 14.9. The van der Waals surface area contributed by atoms with Gasteiger partial charge in [-0.15, -0.1) is 0 Å². The fraction of sp³-hybridized carbons (Fsp3) is 0.235. The first-order valence-corrected chi connectivity index (χ1v) is 9.21. The van der Waals surface area contributed by atoms with Crippen LogP contribution in [0.1, 0.15) is 29.8 Å². The molecular formula is C17H18ClNO4S. The largest absolute Gasteiger partial charge is 0.493 e. The number of primary sulfonamides is 1. The molecule has 0 spiro atoms. The van der Waals surface area contributed by atoms with E-state index >= 15 is 0 Å². The first kappa shape index (κ1) is 18.4. The smallest absolute Gasteiger partial charge is 0.239 e. The molecule has 2 rings (SSSR count). The highest BCUT2D eigenvalue weighted by Gasteiger charge is 2.17. The number of nitrogens with two attached hydrogens (primary N) is 1. The van der Waals surface area contributed by atoms with Crippen molar-refractivity contribution in [2.24, 2.45) is 11.1 Å². The summed E-state index contributed by atoms with van der Waals surface area (Å²) in [6.07, 6.45) is 0. The number of benzene rings is 2. The average Bonchev–Trinajstić information content (AvgIpc) is 2.52. The van der Waals surface area contributed by atoms with E-state index in [4.69, 9.17) is 21.5 Å². The normalized spacial score (nSPS) is 11.5. The van der Waals surface area contributed by atoms with Crippen LogP contribution < -0.4 is 9.88 Å². The third kappa shape index (κ3) is 4.56. The quantitative estimate of drug-likeness (QED) is 0.794. The number of ketones is 1. The van der Waals surface area contributed by atoms with E-state index in [-0.39, 0.29) is 21.3 Å². The van der Waals surface area contributed by atoms with E-state index in [0.29, 0.717) is 23.8 Å². The lowest BCUT2D eigenvalue weighted by Crippen LogP contribution is -2.14. The van der Waals surface area contributed by atoms with Crippen molar-refractivity contribution in [3.05, 3.63) is 58.6 Å². The number of hydrogen-bond acceptors (Lipinski definition) is 4. The lowest BCUT2D eigenvalue weighted by molar-refractivity contribution is 0.103.